The van der Waals surface area contributed by atoms with Crippen molar-refractivity contribution in [2.75, 3.05) is 0 Å². The molecule has 17 heavy (non-hydrogen) atoms. The maximum Gasteiger partial charge on any atom is 0.434 e. The molecule has 5 nitrogen and oxygen atoms in total. The lowest BCUT2D eigenvalue weighted by Gasteiger charge is -1.95. The summed E-state index contributed by atoms with van der Waals surface area (Å²) in [7, 11) is 0. The van der Waals surface area contributed by atoms with Crippen molar-refractivity contribution in [1.29, 1.82) is 0 Å². The fourth-order valence-corrected chi connectivity index (χ4v) is 1.70. The van der Waals surface area contributed by atoms with Crippen LogP contribution in [0.1, 0.15) is 0 Å². The molecule has 2 aromatic heterocycles. The lowest BCUT2D eigenvalue weighted by Crippen LogP contribution is -1.93. The number of hydrogen-bond acceptors (Lipinski definition) is 3. The summed E-state index contributed by atoms with van der Waals surface area (Å²) in [5, 5.41) is 5.78. The van der Waals surface area contributed by atoms with E-state index in [2.05, 4.69) is 15.2 Å². The van der Waals surface area contributed by atoms with Gasteiger partial charge in [0, 0.05) is 17.6 Å². The Kier molecular flexibility index (Phi) is 1.88. The van der Waals surface area contributed by atoms with E-state index in [9.17, 15) is 13.6 Å². The van der Waals surface area contributed by atoms with E-state index in [-0.39, 0.29) is 22.4 Å². The molecule has 0 fully saturated rings. The third-order valence-corrected chi connectivity index (χ3v) is 2.36. The molecular formula is C10H5F2N3O2. The molecule has 0 spiro atoms. The van der Waals surface area contributed by atoms with Crippen LogP contribution in [-0.4, -0.2) is 15.2 Å². The first-order chi connectivity index (χ1) is 8.15. The fraction of sp³-hybridized carbons (Fsp3) is 0. The number of benzene rings is 1. The van der Waals surface area contributed by atoms with Gasteiger partial charge in [0.05, 0.1) is 11.1 Å². The summed E-state index contributed by atoms with van der Waals surface area (Å²) in [6.45, 7) is 0. The lowest BCUT2D eigenvalue weighted by atomic mass is 10.1. The second-order valence-electron chi connectivity index (χ2n) is 3.43. The summed E-state index contributed by atoms with van der Waals surface area (Å²) < 4.78 is 31.3. The van der Waals surface area contributed by atoms with Crippen molar-refractivity contribution >= 4 is 10.9 Å². The summed E-state index contributed by atoms with van der Waals surface area (Å²) in [6, 6.07) is 1.90. The van der Waals surface area contributed by atoms with Crippen LogP contribution in [0.3, 0.4) is 0 Å². The van der Waals surface area contributed by atoms with Crippen LogP contribution in [0.5, 0.6) is 0 Å². The zero-order chi connectivity index (χ0) is 12.0. The molecule has 0 aliphatic heterocycles. The van der Waals surface area contributed by atoms with Crippen molar-refractivity contribution in [1.82, 2.24) is 15.2 Å². The Bertz CT molecular complexity index is 756. The Hall–Kier alpha value is -2.44. The number of hydrogen-bond donors (Lipinski definition) is 2. The predicted molar refractivity (Wildman–Crippen MR) is 54.3 cm³/mol. The minimum Gasteiger partial charge on any atom is -0.388 e. The number of halogens is 2. The first-order valence-corrected chi connectivity index (χ1v) is 4.67. The van der Waals surface area contributed by atoms with E-state index in [4.69, 9.17) is 4.42 Å². The molecule has 0 unspecified atom stereocenters. The molecule has 0 amide bonds. The van der Waals surface area contributed by atoms with Gasteiger partial charge < -0.3 is 9.40 Å². The smallest absolute Gasteiger partial charge is 0.388 e. The maximum absolute atomic E-state index is 13.6. The Morgan fingerprint density at radius 2 is 2.12 bits per heavy atom. The third kappa shape index (κ3) is 1.43. The second-order valence-corrected chi connectivity index (χ2v) is 3.43. The SMILES string of the molecule is O=c1[nH]nc(-c2c[nH]c3cc(F)cc(F)c23)o1. The van der Waals surface area contributed by atoms with Crippen LogP contribution >= 0.6 is 0 Å². The standard InChI is InChI=1S/C10H5F2N3O2/c11-4-1-6(12)8-5(3-13-7(8)2-4)9-14-15-10(16)17-9/h1-3,13H,(H,15,16). The number of nitrogens with one attached hydrogen (secondary N) is 2. The molecular weight excluding hydrogens is 232 g/mol. The molecule has 0 aliphatic carbocycles. The average molecular weight is 237 g/mol. The molecule has 0 saturated heterocycles. The monoisotopic (exact) mass is 237 g/mol. The highest BCUT2D eigenvalue weighted by atomic mass is 19.1. The van der Waals surface area contributed by atoms with E-state index in [1.807, 2.05) is 0 Å². The number of nitrogens with zero attached hydrogens (tertiary/aromatic N) is 1. The second kappa shape index (κ2) is 3.27. The molecule has 0 bridgehead atoms. The summed E-state index contributed by atoms with van der Waals surface area (Å²) >= 11 is 0. The van der Waals surface area contributed by atoms with Gasteiger partial charge >= 0.3 is 5.76 Å². The summed E-state index contributed by atoms with van der Waals surface area (Å²) in [5.41, 5.74) is 0.527. The van der Waals surface area contributed by atoms with Crippen molar-refractivity contribution < 1.29 is 13.2 Å². The largest absolute Gasteiger partial charge is 0.434 e. The van der Waals surface area contributed by atoms with Crippen LogP contribution in [0.4, 0.5) is 8.78 Å². The van der Waals surface area contributed by atoms with Crippen molar-refractivity contribution in [3.05, 3.63) is 40.5 Å². The molecule has 3 aromatic rings. The third-order valence-electron chi connectivity index (χ3n) is 2.36. The van der Waals surface area contributed by atoms with E-state index in [1.54, 1.807) is 0 Å². The minimum absolute atomic E-state index is 0.0493. The van der Waals surface area contributed by atoms with Crippen LogP contribution < -0.4 is 5.76 Å². The maximum atomic E-state index is 13.6. The zero-order valence-electron chi connectivity index (χ0n) is 8.25. The number of fused-ring (bicyclic) bond motifs is 1. The number of rotatable bonds is 1. The van der Waals surface area contributed by atoms with Gasteiger partial charge in [-0.3, -0.25) is 0 Å². The van der Waals surface area contributed by atoms with E-state index in [0.717, 1.165) is 12.1 Å². The summed E-state index contributed by atoms with van der Waals surface area (Å²) in [6.07, 6.45) is 1.40. The van der Waals surface area contributed by atoms with Crippen LogP contribution in [0.15, 0.2) is 27.5 Å². The number of aromatic amines is 2. The predicted octanol–water partition coefficient (Wildman–Crippen LogP) is 1.79. The molecule has 7 heteroatoms. The van der Waals surface area contributed by atoms with Gasteiger partial charge in [0.25, 0.3) is 5.89 Å². The minimum atomic E-state index is -0.748. The Balaban J connectivity index is 2.35. The molecule has 2 N–H and O–H groups in total. The van der Waals surface area contributed by atoms with Crippen LogP contribution in [0, 0.1) is 11.6 Å². The first kappa shape index (κ1) is 9.76. The molecule has 0 aliphatic rings. The highest BCUT2D eigenvalue weighted by Gasteiger charge is 2.16. The molecule has 86 valence electrons. The Morgan fingerprint density at radius 1 is 1.29 bits per heavy atom. The average Bonchev–Trinajstić information content (AvgIpc) is 2.83. The molecule has 0 saturated carbocycles. The fourth-order valence-electron chi connectivity index (χ4n) is 1.70. The van der Waals surface area contributed by atoms with Gasteiger partial charge in [0.2, 0.25) is 0 Å². The van der Waals surface area contributed by atoms with Crippen LogP contribution in [0.2, 0.25) is 0 Å². The topological polar surface area (TPSA) is 74.7 Å². The van der Waals surface area contributed by atoms with Gasteiger partial charge in [0.1, 0.15) is 11.6 Å². The lowest BCUT2D eigenvalue weighted by molar-refractivity contribution is 0.527. The molecule has 2 heterocycles. The van der Waals surface area contributed by atoms with Crippen LogP contribution in [-0.2, 0) is 0 Å². The Labute approximate surface area is 92.1 Å². The van der Waals surface area contributed by atoms with Gasteiger partial charge in [-0.05, 0) is 6.07 Å². The van der Waals surface area contributed by atoms with E-state index >= 15 is 0 Å². The molecule has 0 atom stereocenters. The summed E-state index contributed by atoms with van der Waals surface area (Å²) in [4.78, 5) is 13.5. The van der Waals surface area contributed by atoms with Gasteiger partial charge in [-0.2, -0.15) is 0 Å². The quantitative estimate of drug-likeness (QED) is 0.677. The number of H-pyrrole nitrogens is 2. The van der Waals surface area contributed by atoms with Crippen molar-refractivity contribution in [2.24, 2.45) is 0 Å². The highest BCUT2D eigenvalue weighted by Crippen LogP contribution is 2.29. The van der Waals surface area contributed by atoms with E-state index < -0.39 is 17.4 Å². The van der Waals surface area contributed by atoms with Gasteiger partial charge in [-0.1, -0.05) is 0 Å². The van der Waals surface area contributed by atoms with E-state index in [0.29, 0.717) is 0 Å². The molecule has 0 radical (unpaired) electrons. The van der Waals surface area contributed by atoms with Crippen molar-refractivity contribution in [2.45, 2.75) is 0 Å². The number of aromatic nitrogens is 3. The van der Waals surface area contributed by atoms with Gasteiger partial charge in [-0.25, -0.2) is 18.7 Å². The first-order valence-electron chi connectivity index (χ1n) is 4.67. The summed E-state index contributed by atoms with van der Waals surface area (Å²) in [5.74, 6) is -2.22. The van der Waals surface area contributed by atoms with Crippen molar-refractivity contribution in [3.63, 3.8) is 0 Å². The van der Waals surface area contributed by atoms with E-state index in [1.165, 1.54) is 6.20 Å². The zero-order valence-corrected chi connectivity index (χ0v) is 8.25. The van der Waals surface area contributed by atoms with Crippen LogP contribution in [0.25, 0.3) is 22.4 Å². The van der Waals surface area contributed by atoms with Gasteiger partial charge in [0.15, 0.2) is 0 Å². The highest BCUT2D eigenvalue weighted by molar-refractivity contribution is 5.93. The normalized spacial score (nSPS) is 11.2. The van der Waals surface area contributed by atoms with Crippen molar-refractivity contribution in [3.8, 4) is 11.5 Å². The Morgan fingerprint density at radius 3 is 2.82 bits per heavy atom. The molecule has 3 rings (SSSR count). The molecule has 1 aromatic carbocycles. The van der Waals surface area contributed by atoms with Gasteiger partial charge in [-0.15, -0.1) is 5.10 Å².